The summed E-state index contributed by atoms with van der Waals surface area (Å²) in [5.74, 6) is -0.277. The highest BCUT2D eigenvalue weighted by Gasteiger charge is 2.38. The second-order valence-corrected chi connectivity index (χ2v) is 9.88. The zero-order chi connectivity index (χ0) is 24.1. The largest absolute Gasteiger partial charge is 0.392 e. The van der Waals surface area contributed by atoms with Crippen molar-refractivity contribution in [2.75, 3.05) is 11.4 Å². The first-order valence-electron chi connectivity index (χ1n) is 13.0. The molecule has 1 saturated carbocycles. The van der Waals surface area contributed by atoms with Crippen LogP contribution in [0, 0.1) is 11.8 Å². The molecule has 1 aliphatic carbocycles. The van der Waals surface area contributed by atoms with Gasteiger partial charge in [0, 0.05) is 12.1 Å². The highest BCUT2D eigenvalue weighted by molar-refractivity contribution is 6.06. The fourth-order valence-corrected chi connectivity index (χ4v) is 5.04. The van der Waals surface area contributed by atoms with Gasteiger partial charge in [-0.3, -0.25) is 9.59 Å². The summed E-state index contributed by atoms with van der Waals surface area (Å²) in [5, 5.41) is 14.0. The maximum Gasteiger partial charge on any atom is 0.254 e. The molecule has 34 heavy (non-hydrogen) atoms. The summed E-state index contributed by atoms with van der Waals surface area (Å²) in [7, 11) is 0. The number of anilines is 1. The highest BCUT2D eigenvalue weighted by Crippen LogP contribution is 2.41. The lowest BCUT2D eigenvalue weighted by Gasteiger charge is -2.29. The van der Waals surface area contributed by atoms with Gasteiger partial charge in [0.05, 0.1) is 17.7 Å². The van der Waals surface area contributed by atoms with Crippen LogP contribution in [0.15, 0.2) is 48.5 Å². The number of carbonyl (C=O) groups is 2. The second-order valence-electron chi connectivity index (χ2n) is 9.88. The van der Waals surface area contributed by atoms with Gasteiger partial charge in [-0.05, 0) is 42.4 Å². The number of aliphatic hydroxyl groups is 1. The molecular formula is C29H38N2O3. The van der Waals surface area contributed by atoms with Crippen molar-refractivity contribution in [3.63, 3.8) is 0 Å². The van der Waals surface area contributed by atoms with Crippen LogP contribution in [0.1, 0.15) is 76.8 Å². The van der Waals surface area contributed by atoms with E-state index in [0.29, 0.717) is 25.3 Å². The lowest BCUT2D eigenvalue weighted by molar-refractivity contribution is -0.133. The standard InChI is InChI=1S/C29H38N2O3/c1-3-5-15-26(32)24(19-20-16-17-20)28(33)30-27-23-13-8-7-11-21(23)22-12-9-10-14-25(22)31(29(27)34)18-6-4-2/h7-14,20,24,26-27,32H,3-6,15-19H2,1-2H3,(H,30,33)/t24-,26+,27?/m1/s1. The van der Waals surface area contributed by atoms with E-state index < -0.39 is 18.1 Å². The van der Waals surface area contributed by atoms with Crippen molar-refractivity contribution in [2.24, 2.45) is 11.8 Å². The van der Waals surface area contributed by atoms with Gasteiger partial charge in [0.25, 0.3) is 5.91 Å². The number of unbranched alkanes of at least 4 members (excludes halogenated alkanes) is 2. The number of carbonyl (C=O) groups excluding carboxylic acids is 2. The molecular weight excluding hydrogens is 424 g/mol. The molecule has 2 aromatic rings. The summed E-state index contributed by atoms with van der Waals surface area (Å²) in [4.78, 5) is 29.4. The molecule has 0 aromatic heterocycles. The summed E-state index contributed by atoms with van der Waals surface area (Å²) < 4.78 is 0. The van der Waals surface area contributed by atoms with Crippen molar-refractivity contribution in [1.29, 1.82) is 0 Å². The van der Waals surface area contributed by atoms with Gasteiger partial charge in [-0.2, -0.15) is 0 Å². The predicted molar refractivity (Wildman–Crippen MR) is 136 cm³/mol. The van der Waals surface area contributed by atoms with Gasteiger partial charge in [0.15, 0.2) is 0 Å². The summed E-state index contributed by atoms with van der Waals surface area (Å²) in [6.45, 7) is 4.81. The molecule has 0 saturated heterocycles. The molecule has 0 spiro atoms. The van der Waals surface area contributed by atoms with Gasteiger partial charge >= 0.3 is 0 Å². The van der Waals surface area contributed by atoms with E-state index in [0.717, 1.165) is 60.9 Å². The second kappa shape index (κ2) is 11.2. The number of hydrogen-bond acceptors (Lipinski definition) is 3. The van der Waals surface area contributed by atoms with Crippen molar-refractivity contribution >= 4 is 17.5 Å². The Morgan fingerprint density at radius 1 is 1.03 bits per heavy atom. The number of hydrogen-bond donors (Lipinski definition) is 2. The zero-order valence-corrected chi connectivity index (χ0v) is 20.5. The Hall–Kier alpha value is -2.66. The number of benzene rings is 2. The van der Waals surface area contributed by atoms with E-state index in [1.54, 1.807) is 0 Å². The number of nitrogens with zero attached hydrogens (tertiary/aromatic N) is 1. The molecule has 2 aliphatic rings. The summed E-state index contributed by atoms with van der Waals surface area (Å²) in [5.41, 5.74) is 3.70. The molecule has 3 atom stereocenters. The molecule has 4 rings (SSSR count). The normalized spacial score (nSPS) is 19.1. The lowest BCUT2D eigenvalue weighted by Crippen LogP contribution is -2.46. The first-order valence-corrected chi connectivity index (χ1v) is 13.0. The van der Waals surface area contributed by atoms with Gasteiger partial charge in [-0.15, -0.1) is 0 Å². The Bertz CT molecular complexity index is 1000. The highest BCUT2D eigenvalue weighted by atomic mass is 16.3. The van der Waals surface area contributed by atoms with E-state index in [1.807, 2.05) is 47.4 Å². The minimum absolute atomic E-state index is 0.104. The van der Waals surface area contributed by atoms with Crippen LogP contribution in [0.3, 0.4) is 0 Å². The molecule has 182 valence electrons. The maximum absolute atomic E-state index is 14.0. The molecule has 2 aromatic carbocycles. The third-order valence-electron chi connectivity index (χ3n) is 7.23. The van der Waals surface area contributed by atoms with Crippen LogP contribution in [-0.4, -0.2) is 29.6 Å². The van der Waals surface area contributed by atoms with Crippen LogP contribution >= 0.6 is 0 Å². The topological polar surface area (TPSA) is 69.6 Å². The molecule has 2 N–H and O–H groups in total. The summed E-state index contributed by atoms with van der Waals surface area (Å²) >= 11 is 0. The number of nitrogens with one attached hydrogen (secondary N) is 1. The van der Waals surface area contributed by atoms with Crippen LogP contribution in [0.4, 0.5) is 5.69 Å². The minimum Gasteiger partial charge on any atom is -0.392 e. The third kappa shape index (κ3) is 5.35. The lowest BCUT2D eigenvalue weighted by atomic mass is 9.90. The molecule has 0 bridgehead atoms. The van der Waals surface area contributed by atoms with Crippen LogP contribution in [0.2, 0.25) is 0 Å². The van der Waals surface area contributed by atoms with Crippen LogP contribution < -0.4 is 10.2 Å². The molecule has 5 nitrogen and oxygen atoms in total. The van der Waals surface area contributed by atoms with Crippen molar-refractivity contribution < 1.29 is 14.7 Å². The Labute approximate surface area is 203 Å². The molecule has 1 unspecified atom stereocenters. The van der Waals surface area contributed by atoms with Crippen molar-refractivity contribution in [1.82, 2.24) is 5.32 Å². The number of rotatable bonds is 11. The van der Waals surface area contributed by atoms with Crippen LogP contribution in [0.5, 0.6) is 0 Å². The average molecular weight is 463 g/mol. The number of aliphatic hydroxyl groups excluding tert-OH is 1. The van der Waals surface area contributed by atoms with Crippen molar-refractivity contribution in [3.05, 3.63) is 54.1 Å². The van der Waals surface area contributed by atoms with Gasteiger partial charge < -0.3 is 15.3 Å². The van der Waals surface area contributed by atoms with Crippen LogP contribution in [0.25, 0.3) is 11.1 Å². The van der Waals surface area contributed by atoms with Gasteiger partial charge in [0.2, 0.25) is 5.91 Å². The van der Waals surface area contributed by atoms with Gasteiger partial charge in [-0.25, -0.2) is 0 Å². The maximum atomic E-state index is 14.0. The molecule has 2 amide bonds. The quantitative estimate of drug-likeness (QED) is 0.455. The first kappa shape index (κ1) is 24.5. The summed E-state index contributed by atoms with van der Waals surface area (Å²) in [6.07, 6.45) is 6.61. The average Bonchev–Trinajstić information content (AvgIpc) is 3.69. The van der Waals surface area contributed by atoms with E-state index in [1.165, 1.54) is 0 Å². The fraction of sp³-hybridized carbons (Fsp3) is 0.517. The Morgan fingerprint density at radius 3 is 2.41 bits per heavy atom. The van der Waals surface area contributed by atoms with Gasteiger partial charge in [0.1, 0.15) is 6.04 Å². The SMILES string of the molecule is CCCC[C@H](O)[C@@H](CC1CC1)C(=O)NC1C(=O)N(CCCC)c2ccccc2-c2ccccc21. The van der Waals surface area contributed by atoms with E-state index in [9.17, 15) is 14.7 Å². The fourth-order valence-electron chi connectivity index (χ4n) is 5.04. The van der Waals surface area contributed by atoms with E-state index in [4.69, 9.17) is 0 Å². The smallest absolute Gasteiger partial charge is 0.254 e. The Morgan fingerprint density at radius 2 is 1.71 bits per heavy atom. The molecule has 1 fully saturated rings. The number of para-hydroxylation sites is 1. The number of fused-ring (bicyclic) bond motifs is 3. The van der Waals surface area contributed by atoms with E-state index in [2.05, 4.69) is 25.2 Å². The van der Waals surface area contributed by atoms with E-state index >= 15 is 0 Å². The predicted octanol–water partition coefficient (Wildman–Crippen LogP) is 5.63. The molecule has 0 radical (unpaired) electrons. The van der Waals surface area contributed by atoms with E-state index in [-0.39, 0.29) is 11.8 Å². The van der Waals surface area contributed by atoms with Crippen molar-refractivity contribution in [2.45, 2.75) is 77.4 Å². The minimum atomic E-state index is -0.770. The Balaban J connectivity index is 1.68. The molecule has 5 heteroatoms. The third-order valence-corrected chi connectivity index (χ3v) is 7.23. The van der Waals surface area contributed by atoms with Gasteiger partial charge in [-0.1, -0.05) is 88.4 Å². The molecule has 1 aliphatic heterocycles. The Kier molecular flexibility index (Phi) is 8.04. The monoisotopic (exact) mass is 462 g/mol. The summed E-state index contributed by atoms with van der Waals surface area (Å²) in [6, 6.07) is 15.1. The molecule has 1 heterocycles. The van der Waals surface area contributed by atoms with Crippen LogP contribution in [-0.2, 0) is 9.59 Å². The zero-order valence-electron chi connectivity index (χ0n) is 20.5. The number of amides is 2. The first-order chi connectivity index (χ1) is 16.5. The van der Waals surface area contributed by atoms with Crippen molar-refractivity contribution in [3.8, 4) is 11.1 Å².